The fourth-order valence-corrected chi connectivity index (χ4v) is 5.48. The number of cyclic esters (lactones) is 5. The predicted molar refractivity (Wildman–Crippen MR) is 123 cm³/mol. The average molecular weight is 519 g/mol. The van der Waals surface area contributed by atoms with Crippen LogP contribution in [0.25, 0.3) is 0 Å². The fourth-order valence-electron chi connectivity index (χ4n) is 5.48. The molecule has 3 N–H and O–H groups in total. The molecule has 0 radical (unpaired) electrons. The zero-order valence-electron chi connectivity index (χ0n) is 20.4. The summed E-state index contributed by atoms with van der Waals surface area (Å²) in [6.45, 7) is 2.02. The lowest BCUT2D eigenvalue weighted by atomic mass is 9.80. The number of hydrogen-bond acceptors (Lipinski definition) is 11. The van der Waals surface area contributed by atoms with E-state index in [0.717, 1.165) is 19.3 Å². The van der Waals surface area contributed by atoms with Crippen molar-refractivity contribution in [3.63, 3.8) is 0 Å². The normalized spacial score (nSPS) is 29.7. The summed E-state index contributed by atoms with van der Waals surface area (Å²) in [5.41, 5.74) is -1.10. The lowest BCUT2D eigenvalue weighted by molar-refractivity contribution is -0.154. The Kier molecular flexibility index (Phi) is 8.05. The van der Waals surface area contributed by atoms with Crippen LogP contribution in [0.4, 0.5) is 0 Å². The summed E-state index contributed by atoms with van der Waals surface area (Å²) in [4.78, 5) is 62.6. The van der Waals surface area contributed by atoms with Crippen LogP contribution in [-0.4, -0.2) is 69.6 Å². The fraction of sp³-hybridized carbons (Fsp3) is 0.577. The lowest BCUT2D eigenvalue weighted by Crippen LogP contribution is -2.39. The minimum absolute atomic E-state index is 0.155. The maximum Gasteiger partial charge on any atom is 0.345 e. The summed E-state index contributed by atoms with van der Waals surface area (Å²) < 4.78 is 14.8. The number of aliphatic hydroxyl groups excluding tert-OH is 3. The van der Waals surface area contributed by atoms with E-state index in [0.29, 0.717) is 6.42 Å². The van der Waals surface area contributed by atoms with Gasteiger partial charge in [-0.05, 0) is 25.2 Å². The number of carbonyl (C=O) groups is 5. The van der Waals surface area contributed by atoms with Crippen molar-refractivity contribution in [3.05, 3.63) is 34.4 Å². The van der Waals surface area contributed by atoms with E-state index in [4.69, 9.17) is 14.2 Å². The molecule has 3 heterocycles. The minimum atomic E-state index is -1.84. The molecule has 0 bridgehead atoms. The number of hydrogen-bond donors (Lipinski definition) is 3. The summed E-state index contributed by atoms with van der Waals surface area (Å²) in [6.07, 6.45) is 0.0132. The van der Waals surface area contributed by atoms with E-state index in [-0.39, 0.29) is 42.4 Å². The zero-order chi connectivity index (χ0) is 26.9. The number of ether oxygens (including phenoxy) is 3. The first kappa shape index (κ1) is 26.9. The first-order valence-corrected chi connectivity index (χ1v) is 12.5. The third kappa shape index (κ3) is 5.29. The molecule has 4 aliphatic rings. The highest BCUT2D eigenvalue weighted by atomic mass is 16.6. The largest absolute Gasteiger partial charge is 0.456 e. The van der Waals surface area contributed by atoms with Gasteiger partial charge in [0, 0.05) is 24.0 Å². The monoisotopic (exact) mass is 518 g/mol. The van der Waals surface area contributed by atoms with Crippen molar-refractivity contribution in [3.8, 4) is 0 Å². The highest BCUT2D eigenvalue weighted by Crippen LogP contribution is 2.43. The highest BCUT2D eigenvalue weighted by Gasteiger charge is 2.51. The molecule has 0 spiro atoms. The van der Waals surface area contributed by atoms with Crippen LogP contribution in [0.3, 0.4) is 0 Å². The van der Waals surface area contributed by atoms with Crippen molar-refractivity contribution < 1.29 is 53.5 Å². The number of carbonyl (C=O) groups excluding carboxylic acids is 5. The molecule has 1 aliphatic carbocycles. The third-order valence-electron chi connectivity index (χ3n) is 7.38. The van der Waals surface area contributed by atoms with Gasteiger partial charge in [-0.25, -0.2) is 24.0 Å². The molecule has 0 saturated heterocycles. The molecule has 6 atom stereocenters. The maximum absolute atomic E-state index is 12.8. The number of esters is 5. The molecule has 3 aliphatic heterocycles. The summed E-state index contributed by atoms with van der Waals surface area (Å²) in [5, 5.41) is 33.6. The second kappa shape index (κ2) is 11.1. The van der Waals surface area contributed by atoms with E-state index in [2.05, 4.69) is 0 Å². The van der Waals surface area contributed by atoms with Crippen LogP contribution in [-0.2, 0) is 38.2 Å². The molecule has 11 heteroatoms. The van der Waals surface area contributed by atoms with Crippen LogP contribution >= 0.6 is 0 Å². The molecule has 0 aromatic rings. The van der Waals surface area contributed by atoms with Gasteiger partial charge in [-0.3, -0.25) is 0 Å². The smallest absolute Gasteiger partial charge is 0.345 e. The van der Waals surface area contributed by atoms with E-state index in [1.807, 2.05) is 6.92 Å². The van der Waals surface area contributed by atoms with E-state index in [1.54, 1.807) is 0 Å². The molecular weight excluding hydrogens is 488 g/mol. The maximum atomic E-state index is 12.8. The van der Waals surface area contributed by atoms with Gasteiger partial charge in [0.25, 0.3) is 0 Å². The van der Waals surface area contributed by atoms with Crippen molar-refractivity contribution in [2.75, 3.05) is 0 Å². The van der Waals surface area contributed by atoms with Gasteiger partial charge in [0.2, 0.25) is 0 Å². The van der Waals surface area contributed by atoms with Crippen LogP contribution in [0.2, 0.25) is 0 Å². The summed E-state index contributed by atoms with van der Waals surface area (Å²) in [6, 6.07) is 0. The molecule has 0 saturated carbocycles. The Labute approximate surface area is 212 Å². The quantitative estimate of drug-likeness (QED) is 0.179. The van der Waals surface area contributed by atoms with Gasteiger partial charge in [-0.2, -0.15) is 0 Å². The van der Waals surface area contributed by atoms with Gasteiger partial charge >= 0.3 is 29.8 Å². The highest BCUT2D eigenvalue weighted by molar-refractivity contribution is 6.15. The third-order valence-corrected chi connectivity index (χ3v) is 7.38. The Balaban J connectivity index is 1.78. The standard InChI is InChI=1S/C26H30O11/c1-2-3-4-5-7-15(27)20-18-13(23(31)36-25(18)33)10-12(21(29)16-8-6-9-17(28)35-16)11-14-19(22(20)30)26(34)37-24(14)32/h6,9,12,15-16,20-22,27,29-30H,2-5,7-8,10-11H2,1H3/t12-,15+,16+,20-,21+,22-/m1/s1. The van der Waals surface area contributed by atoms with Crippen molar-refractivity contribution in [1.29, 1.82) is 0 Å². The summed E-state index contributed by atoms with van der Waals surface area (Å²) >= 11 is 0. The lowest BCUT2D eigenvalue weighted by Gasteiger charge is -2.30. The van der Waals surface area contributed by atoms with Crippen LogP contribution in [0.5, 0.6) is 0 Å². The van der Waals surface area contributed by atoms with Crippen molar-refractivity contribution in [1.82, 2.24) is 0 Å². The van der Waals surface area contributed by atoms with E-state index in [9.17, 15) is 39.3 Å². The second-order valence-corrected chi connectivity index (χ2v) is 9.80. The van der Waals surface area contributed by atoms with Gasteiger partial charge in [0.15, 0.2) is 0 Å². The van der Waals surface area contributed by atoms with Gasteiger partial charge in [-0.15, -0.1) is 0 Å². The topological polar surface area (TPSA) is 174 Å². The summed E-state index contributed by atoms with van der Waals surface area (Å²) in [7, 11) is 0. The molecule has 0 amide bonds. The van der Waals surface area contributed by atoms with Gasteiger partial charge < -0.3 is 29.5 Å². The van der Waals surface area contributed by atoms with Gasteiger partial charge in [0.05, 0.1) is 35.0 Å². The molecule has 4 rings (SSSR count). The molecule has 0 aromatic carbocycles. The van der Waals surface area contributed by atoms with Crippen molar-refractivity contribution >= 4 is 29.8 Å². The van der Waals surface area contributed by atoms with Crippen molar-refractivity contribution in [2.45, 2.75) is 82.7 Å². The second-order valence-electron chi connectivity index (χ2n) is 9.80. The Morgan fingerprint density at radius 3 is 2.14 bits per heavy atom. The number of rotatable bonds is 8. The van der Waals surface area contributed by atoms with Crippen LogP contribution < -0.4 is 0 Å². The van der Waals surface area contributed by atoms with E-state index < -0.39 is 71.7 Å². The Bertz CT molecular complexity index is 1100. The van der Waals surface area contributed by atoms with Crippen LogP contribution in [0.15, 0.2) is 34.4 Å². The SMILES string of the molecule is CCCCCC[C@H](O)[C@@H]1C2=C(C[C@@H]([C@H](O)[C@@H]3CC=CC(=O)O3)CC3=C(C(=O)OC3=O)[C@H]1O)C(=O)OC2=O. The van der Waals surface area contributed by atoms with E-state index >= 15 is 0 Å². The molecule has 0 aromatic heterocycles. The first-order chi connectivity index (χ1) is 17.6. The zero-order valence-corrected chi connectivity index (χ0v) is 20.4. The van der Waals surface area contributed by atoms with E-state index in [1.165, 1.54) is 12.2 Å². The molecule has 0 fully saturated rings. The molecule has 37 heavy (non-hydrogen) atoms. The number of aliphatic hydroxyl groups is 3. The molecule has 11 nitrogen and oxygen atoms in total. The number of unbranched alkanes of at least 4 members (excludes halogenated alkanes) is 3. The molecular formula is C26H30O11. The first-order valence-electron chi connectivity index (χ1n) is 12.5. The molecule has 200 valence electrons. The van der Waals surface area contributed by atoms with Gasteiger partial charge in [0.1, 0.15) is 6.10 Å². The summed E-state index contributed by atoms with van der Waals surface area (Å²) in [5.74, 6) is -7.33. The Morgan fingerprint density at radius 2 is 1.51 bits per heavy atom. The van der Waals surface area contributed by atoms with Crippen LogP contribution in [0.1, 0.15) is 58.3 Å². The average Bonchev–Trinajstić information content (AvgIpc) is 3.30. The van der Waals surface area contributed by atoms with Crippen molar-refractivity contribution in [2.24, 2.45) is 11.8 Å². The Hall–Kier alpha value is -3.15. The minimum Gasteiger partial charge on any atom is -0.456 e. The molecule has 0 unspecified atom stereocenters. The predicted octanol–water partition coefficient (Wildman–Crippen LogP) is 0.697. The van der Waals surface area contributed by atoms with Crippen LogP contribution in [0, 0.1) is 11.8 Å². The van der Waals surface area contributed by atoms with Gasteiger partial charge in [-0.1, -0.05) is 38.7 Å². The Morgan fingerprint density at radius 1 is 0.892 bits per heavy atom.